The van der Waals surface area contributed by atoms with Gasteiger partial charge in [-0.15, -0.1) is 0 Å². The minimum absolute atomic E-state index is 0.0377. The van der Waals surface area contributed by atoms with Crippen molar-refractivity contribution in [1.82, 2.24) is 30.1 Å². The maximum Gasteiger partial charge on any atom is 0.276 e. The molecular weight excluding hydrogens is 320 g/mol. The number of carbonyl (C=O) groups is 1. The molecular formula is C17H24N6O2. The van der Waals surface area contributed by atoms with Crippen molar-refractivity contribution in [2.75, 3.05) is 39.3 Å². The van der Waals surface area contributed by atoms with Gasteiger partial charge in [-0.1, -0.05) is 5.16 Å². The van der Waals surface area contributed by atoms with E-state index in [2.05, 4.69) is 20.5 Å². The Labute approximate surface area is 146 Å². The van der Waals surface area contributed by atoms with Gasteiger partial charge in [0.25, 0.3) is 5.91 Å². The van der Waals surface area contributed by atoms with Gasteiger partial charge in [0.1, 0.15) is 6.54 Å². The number of nitrogens with zero attached hydrogens (tertiary/aromatic N) is 5. The molecule has 1 N–H and O–H groups in total. The van der Waals surface area contributed by atoms with Crippen LogP contribution in [0.1, 0.15) is 28.2 Å². The van der Waals surface area contributed by atoms with Gasteiger partial charge in [-0.25, -0.2) is 0 Å². The third-order valence-corrected chi connectivity index (χ3v) is 4.98. The maximum absolute atomic E-state index is 12.7. The Kier molecular flexibility index (Phi) is 4.54. The number of hydrogen-bond acceptors (Lipinski definition) is 6. The molecule has 4 heterocycles. The molecule has 134 valence electrons. The Hall–Kier alpha value is -2.19. The lowest BCUT2D eigenvalue weighted by molar-refractivity contribution is 0.0763. The van der Waals surface area contributed by atoms with Crippen molar-refractivity contribution in [3.05, 3.63) is 35.5 Å². The normalized spacial score (nSPS) is 21.8. The minimum Gasteiger partial charge on any atom is -0.359 e. The molecule has 0 aliphatic carbocycles. The average Bonchev–Trinajstić information content (AvgIpc) is 3.37. The number of nitrogens with one attached hydrogen (secondary N) is 1. The second-order valence-electron chi connectivity index (χ2n) is 6.87. The van der Waals surface area contributed by atoms with Crippen LogP contribution in [0.3, 0.4) is 0 Å². The molecule has 0 spiro atoms. The molecule has 8 nitrogen and oxygen atoms in total. The zero-order valence-electron chi connectivity index (χ0n) is 14.5. The molecule has 4 rings (SSSR count). The summed E-state index contributed by atoms with van der Waals surface area (Å²) in [6.07, 6.45) is 4.76. The second-order valence-corrected chi connectivity index (χ2v) is 6.87. The summed E-state index contributed by atoms with van der Waals surface area (Å²) in [7, 11) is 0. The van der Waals surface area contributed by atoms with Gasteiger partial charge < -0.3 is 14.7 Å². The highest BCUT2D eigenvalue weighted by Gasteiger charge is 2.32. The molecule has 2 fully saturated rings. The predicted molar refractivity (Wildman–Crippen MR) is 91.3 cm³/mol. The van der Waals surface area contributed by atoms with Gasteiger partial charge in [0.05, 0.1) is 6.20 Å². The summed E-state index contributed by atoms with van der Waals surface area (Å²) >= 11 is 0. The van der Waals surface area contributed by atoms with E-state index in [0.29, 0.717) is 24.0 Å². The molecule has 25 heavy (non-hydrogen) atoms. The average molecular weight is 344 g/mol. The fraction of sp³-hybridized carbons (Fsp3) is 0.588. The Morgan fingerprint density at radius 2 is 2.20 bits per heavy atom. The van der Waals surface area contributed by atoms with Gasteiger partial charge in [-0.3, -0.25) is 14.4 Å². The van der Waals surface area contributed by atoms with Crippen LogP contribution in [-0.2, 0) is 6.54 Å². The SMILES string of the molecule is Cc1cnn(Cc2cc(C(=O)N3CCC(N4CCNCC4)C3)no2)c1. The summed E-state index contributed by atoms with van der Waals surface area (Å²) in [6.45, 7) is 8.22. The van der Waals surface area contributed by atoms with Gasteiger partial charge in [0, 0.05) is 57.6 Å². The topological polar surface area (TPSA) is 79.4 Å². The summed E-state index contributed by atoms with van der Waals surface area (Å²) in [5.41, 5.74) is 1.48. The molecule has 2 aromatic rings. The second kappa shape index (κ2) is 6.97. The maximum atomic E-state index is 12.7. The molecule has 1 unspecified atom stereocenters. The molecule has 0 radical (unpaired) electrons. The van der Waals surface area contributed by atoms with Crippen molar-refractivity contribution < 1.29 is 9.32 Å². The quantitative estimate of drug-likeness (QED) is 0.862. The zero-order valence-corrected chi connectivity index (χ0v) is 14.5. The van der Waals surface area contributed by atoms with E-state index in [0.717, 1.165) is 51.3 Å². The van der Waals surface area contributed by atoms with Crippen molar-refractivity contribution in [1.29, 1.82) is 0 Å². The first-order valence-electron chi connectivity index (χ1n) is 8.88. The van der Waals surface area contributed by atoms with Crippen LogP contribution in [0, 0.1) is 6.92 Å². The third kappa shape index (κ3) is 3.59. The molecule has 8 heteroatoms. The predicted octanol–water partition coefficient (Wildman–Crippen LogP) is 0.348. The van der Waals surface area contributed by atoms with Crippen LogP contribution in [0.5, 0.6) is 0 Å². The molecule has 0 bridgehead atoms. The standard InChI is InChI=1S/C17H24N6O2/c1-13-9-19-23(10-13)12-15-8-16(20-25-15)17(24)22-5-2-14(11-22)21-6-3-18-4-7-21/h8-10,14,18H,2-7,11-12H2,1H3. The Bertz CT molecular complexity index is 733. The van der Waals surface area contributed by atoms with Crippen molar-refractivity contribution in [2.24, 2.45) is 0 Å². The molecule has 1 amide bonds. The molecule has 2 saturated heterocycles. The molecule has 2 aromatic heterocycles. The lowest BCUT2D eigenvalue weighted by atomic mass is 10.2. The van der Waals surface area contributed by atoms with E-state index in [4.69, 9.17) is 4.52 Å². The van der Waals surface area contributed by atoms with E-state index in [1.165, 1.54) is 0 Å². The fourth-order valence-electron chi connectivity index (χ4n) is 3.63. The third-order valence-electron chi connectivity index (χ3n) is 4.98. The first kappa shape index (κ1) is 16.3. The van der Waals surface area contributed by atoms with Crippen molar-refractivity contribution in [2.45, 2.75) is 25.9 Å². The Morgan fingerprint density at radius 1 is 1.36 bits per heavy atom. The number of aryl methyl sites for hydroxylation is 1. The highest BCUT2D eigenvalue weighted by Crippen LogP contribution is 2.19. The first-order chi connectivity index (χ1) is 12.2. The van der Waals surface area contributed by atoms with E-state index in [1.807, 2.05) is 18.0 Å². The summed E-state index contributed by atoms with van der Waals surface area (Å²) in [5.74, 6) is 0.605. The van der Waals surface area contributed by atoms with E-state index in [-0.39, 0.29) is 5.91 Å². The number of amides is 1. The monoisotopic (exact) mass is 344 g/mol. The lowest BCUT2D eigenvalue weighted by Crippen LogP contribution is -2.49. The van der Waals surface area contributed by atoms with Gasteiger partial charge in [0.15, 0.2) is 11.5 Å². The van der Waals surface area contributed by atoms with E-state index >= 15 is 0 Å². The van der Waals surface area contributed by atoms with Crippen molar-refractivity contribution in [3.8, 4) is 0 Å². The zero-order chi connectivity index (χ0) is 17.2. The molecule has 2 aliphatic rings. The van der Waals surface area contributed by atoms with Crippen LogP contribution in [0.25, 0.3) is 0 Å². The van der Waals surface area contributed by atoms with Gasteiger partial charge in [-0.2, -0.15) is 5.10 Å². The molecule has 0 aromatic carbocycles. The number of hydrogen-bond donors (Lipinski definition) is 1. The highest BCUT2D eigenvalue weighted by atomic mass is 16.5. The minimum atomic E-state index is -0.0377. The van der Waals surface area contributed by atoms with E-state index < -0.39 is 0 Å². The van der Waals surface area contributed by atoms with Gasteiger partial charge >= 0.3 is 0 Å². The molecule has 2 aliphatic heterocycles. The molecule has 1 atom stereocenters. The highest BCUT2D eigenvalue weighted by molar-refractivity contribution is 5.92. The number of rotatable bonds is 4. The number of piperazine rings is 1. The fourth-order valence-corrected chi connectivity index (χ4v) is 3.63. The van der Waals surface area contributed by atoms with Crippen molar-refractivity contribution in [3.63, 3.8) is 0 Å². The largest absolute Gasteiger partial charge is 0.359 e. The smallest absolute Gasteiger partial charge is 0.276 e. The Morgan fingerprint density at radius 3 is 2.96 bits per heavy atom. The van der Waals surface area contributed by atoms with Crippen LogP contribution < -0.4 is 5.32 Å². The first-order valence-corrected chi connectivity index (χ1v) is 8.88. The van der Waals surface area contributed by atoms with Crippen LogP contribution in [-0.4, -0.2) is 76.0 Å². The number of carbonyl (C=O) groups excluding carboxylic acids is 1. The van der Waals surface area contributed by atoms with Gasteiger partial charge in [-0.05, 0) is 18.9 Å². The summed E-state index contributed by atoms with van der Waals surface area (Å²) < 4.78 is 7.10. The lowest BCUT2D eigenvalue weighted by Gasteiger charge is -2.32. The number of likely N-dealkylation sites (tertiary alicyclic amines) is 1. The van der Waals surface area contributed by atoms with Crippen LogP contribution in [0.15, 0.2) is 23.0 Å². The van der Waals surface area contributed by atoms with Crippen LogP contribution >= 0.6 is 0 Å². The van der Waals surface area contributed by atoms with E-state index in [1.54, 1.807) is 16.9 Å². The van der Waals surface area contributed by atoms with Crippen molar-refractivity contribution >= 4 is 5.91 Å². The van der Waals surface area contributed by atoms with Gasteiger partial charge in [0.2, 0.25) is 0 Å². The number of aromatic nitrogens is 3. The van der Waals surface area contributed by atoms with Crippen LogP contribution in [0.4, 0.5) is 0 Å². The molecule has 0 saturated carbocycles. The van der Waals surface area contributed by atoms with Crippen LogP contribution in [0.2, 0.25) is 0 Å². The summed E-state index contributed by atoms with van der Waals surface area (Å²) in [5, 5.41) is 11.6. The van der Waals surface area contributed by atoms with E-state index in [9.17, 15) is 4.79 Å². The summed E-state index contributed by atoms with van der Waals surface area (Å²) in [4.78, 5) is 17.1. The summed E-state index contributed by atoms with van der Waals surface area (Å²) in [6, 6.07) is 2.20. The Balaban J connectivity index is 1.36.